The number of aromatic nitrogens is 2. The number of amides is 1. The molecule has 118 valence electrons. The van der Waals surface area contributed by atoms with Gasteiger partial charge in [-0.05, 0) is 18.1 Å². The van der Waals surface area contributed by atoms with E-state index in [9.17, 15) is 9.90 Å². The van der Waals surface area contributed by atoms with Gasteiger partial charge in [-0.25, -0.2) is 0 Å². The van der Waals surface area contributed by atoms with E-state index in [1.54, 1.807) is 0 Å². The Morgan fingerprint density at radius 1 is 1.13 bits per heavy atom. The van der Waals surface area contributed by atoms with Gasteiger partial charge in [-0.1, -0.05) is 48.5 Å². The first-order chi connectivity index (χ1) is 11.3. The van der Waals surface area contributed by atoms with Crippen molar-refractivity contribution in [2.24, 2.45) is 0 Å². The highest BCUT2D eigenvalue weighted by Gasteiger charge is 2.16. The lowest BCUT2D eigenvalue weighted by Crippen LogP contribution is -2.29. The molecule has 0 fully saturated rings. The molecule has 3 rings (SSSR count). The van der Waals surface area contributed by atoms with Crippen molar-refractivity contribution >= 4 is 16.8 Å². The van der Waals surface area contributed by atoms with Crippen molar-refractivity contribution < 1.29 is 9.90 Å². The number of carbonyl (C=O) groups is 1. The molecule has 1 amide bonds. The number of nitrogens with one attached hydrogen (secondary N) is 2. The fraction of sp³-hybridized carbons (Fsp3) is 0.222. The number of aromatic amines is 1. The molecular formula is C18H19N3O2. The average molecular weight is 309 g/mol. The molecule has 1 unspecified atom stereocenters. The third kappa shape index (κ3) is 3.40. The Balaban J connectivity index is 1.72. The van der Waals surface area contributed by atoms with Crippen LogP contribution in [0.2, 0.25) is 0 Å². The van der Waals surface area contributed by atoms with Crippen molar-refractivity contribution in [2.45, 2.75) is 12.3 Å². The molecule has 0 aliphatic heterocycles. The molecule has 5 nitrogen and oxygen atoms in total. The number of hydrogen-bond donors (Lipinski definition) is 3. The minimum absolute atomic E-state index is 0.0790. The van der Waals surface area contributed by atoms with Gasteiger partial charge in [0.15, 0.2) is 5.69 Å². The van der Waals surface area contributed by atoms with E-state index in [1.807, 2.05) is 54.6 Å². The summed E-state index contributed by atoms with van der Waals surface area (Å²) < 4.78 is 0. The number of nitrogens with zero attached hydrogens (tertiary/aromatic N) is 1. The first-order valence-corrected chi connectivity index (χ1v) is 7.66. The van der Waals surface area contributed by atoms with E-state index in [-0.39, 0.29) is 18.4 Å². The number of aliphatic hydroxyl groups is 1. The maximum atomic E-state index is 12.4. The number of para-hydroxylation sites is 1. The molecule has 0 aliphatic carbocycles. The molecule has 1 aromatic heterocycles. The lowest BCUT2D eigenvalue weighted by molar-refractivity contribution is 0.0946. The fourth-order valence-corrected chi connectivity index (χ4v) is 2.70. The van der Waals surface area contributed by atoms with Crippen molar-refractivity contribution in [3.8, 4) is 0 Å². The van der Waals surface area contributed by atoms with Gasteiger partial charge in [-0.15, -0.1) is 0 Å². The Labute approximate surface area is 134 Å². The Hall–Kier alpha value is -2.66. The normalized spacial score (nSPS) is 12.2. The fourth-order valence-electron chi connectivity index (χ4n) is 2.70. The summed E-state index contributed by atoms with van der Waals surface area (Å²) in [4.78, 5) is 12.4. The number of benzene rings is 2. The van der Waals surface area contributed by atoms with E-state index in [0.717, 1.165) is 16.5 Å². The van der Waals surface area contributed by atoms with Crippen LogP contribution in [0, 0.1) is 0 Å². The van der Waals surface area contributed by atoms with Gasteiger partial charge in [0.1, 0.15) is 0 Å². The summed E-state index contributed by atoms with van der Waals surface area (Å²) in [5.41, 5.74) is 2.35. The van der Waals surface area contributed by atoms with Crippen LogP contribution in [0.25, 0.3) is 10.9 Å². The highest BCUT2D eigenvalue weighted by atomic mass is 16.3. The Kier molecular flexibility index (Phi) is 4.68. The number of hydrogen-bond acceptors (Lipinski definition) is 3. The number of rotatable bonds is 6. The summed E-state index contributed by atoms with van der Waals surface area (Å²) in [6.07, 6.45) is 0.603. The molecule has 1 atom stereocenters. The third-order valence-electron chi connectivity index (χ3n) is 3.94. The van der Waals surface area contributed by atoms with Crippen LogP contribution in [0.15, 0.2) is 54.6 Å². The summed E-state index contributed by atoms with van der Waals surface area (Å²) in [7, 11) is 0. The van der Waals surface area contributed by atoms with Crippen molar-refractivity contribution in [1.29, 1.82) is 0 Å². The molecule has 0 saturated carbocycles. The SMILES string of the molecule is O=C(NCC(CCO)c1ccccc1)c1n[nH]c2ccccc12. The maximum absolute atomic E-state index is 12.4. The Morgan fingerprint density at radius 3 is 2.65 bits per heavy atom. The monoisotopic (exact) mass is 309 g/mol. The molecule has 23 heavy (non-hydrogen) atoms. The van der Waals surface area contributed by atoms with Crippen molar-refractivity contribution in [3.05, 3.63) is 65.9 Å². The topological polar surface area (TPSA) is 78.0 Å². The molecule has 1 heterocycles. The number of fused-ring (bicyclic) bond motifs is 1. The van der Waals surface area contributed by atoms with Gasteiger partial charge in [-0.3, -0.25) is 9.89 Å². The number of aliphatic hydroxyl groups excluding tert-OH is 1. The molecule has 0 radical (unpaired) electrons. The second-order valence-electron chi connectivity index (χ2n) is 5.45. The summed E-state index contributed by atoms with van der Waals surface area (Å²) in [5.74, 6) is -0.128. The quantitative estimate of drug-likeness (QED) is 0.654. The zero-order valence-corrected chi connectivity index (χ0v) is 12.7. The first-order valence-electron chi connectivity index (χ1n) is 7.66. The van der Waals surface area contributed by atoms with Crippen molar-refractivity contribution in [3.63, 3.8) is 0 Å². The molecule has 0 saturated heterocycles. The highest BCUT2D eigenvalue weighted by molar-refractivity contribution is 6.04. The second kappa shape index (κ2) is 7.07. The van der Waals surface area contributed by atoms with Gasteiger partial charge in [-0.2, -0.15) is 5.10 Å². The summed E-state index contributed by atoms with van der Waals surface area (Å²) in [6.45, 7) is 0.547. The third-order valence-corrected chi connectivity index (χ3v) is 3.94. The standard InChI is InChI=1S/C18H19N3O2/c22-11-10-14(13-6-2-1-3-7-13)12-19-18(23)17-15-8-4-5-9-16(15)20-21-17/h1-9,14,22H,10-12H2,(H,19,23)(H,20,21). The van der Waals surface area contributed by atoms with Crippen LogP contribution in [0.3, 0.4) is 0 Å². The van der Waals surface area contributed by atoms with Crippen LogP contribution in [0.4, 0.5) is 0 Å². The van der Waals surface area contributed by atoms with Crippen LogP contribution in [-0.4, -0.2) is 34.4 Å². The van der Waals surface area contributed by atoms with Gasteiger partial charge in [0.2, 0.25) is 0 Å². The zero-order chi connectivity index (χ0) is 16.1. The largest absolute Gasteiger partial charge is 0.396 e. The van der Waals surface area contributed by atoms with Crippen LogP contribution in [0.5, 0.6) is 0 Å². The van der Waals surface area contributed by atoms with E-state index >= 15 is 0 Å². The molecule has 0 aliphatic rings. The van der Waals surface area contributed by atoms with Gasteiger partial charge >= 0.3 is 0 Å². The minimum Gasteiger partial charge on any atom is -0.396 e. The zero-order valence-electron chi connectivity index (χ0n) is 12.7. The first kappa shape index (κ1) is 15.2. The highest BCUT2D eigenvalue weighted by Crippen LogP contribution is 2.19. The molecule has 5 heteroatoms. The molecule has 3 N–H and O–H groups in total. The van der Waals surface area contributed by atoms with Crippen molar-refractivity contribution in [2.75, 3.05) is 13.2 Å². The summed E-state index contributed by atoms with van der Waals surface area (Å²) in [5, 5.41) is 20.0. The van der Waals surface area contributed by atoms with Gasteiger partial charge in [0.25, 0.3) is 5.91 Å². The van der Waals surface area contributed by atoms with E-state index < -0.39 is 0 Å². The molecule has 2 aromatic carbocycles. The maximum Gasteiger partial charge on any atom is 0.272 e. The van der Waals surface area contributed by atoms with Gasteiger partial charge < -0.3 is 10.4 Å². The molecular weight excluding hydrogens is 290 g/mol. The van der Waals surface area contributed by atoms with E-state index in [0.29, 0.717) is 18.7 Å². The van der Waals surface area contributed by atoms with E-state index in [4.69, 9.17) is 0 Å². The molecule has 3 aromatic rings. The average Bonchev–Trinajstić information content (AvgIpc) is 3.03. The van der Waals surface area contributed by atoms with Crippen LogP contribution in [0.1, 0.15) is 28.4 Å². The van der Waals surface area contributed by atoms with E-state index in [1.165, 1.54) is 0 Å². The van der Waals surface area contributed by atoms with Crippen LogP contribution < -0.4 is 5.32 Å². The lowest BCUT2D eigenvalue weighted by atomic mass is 9.96. The Bertz CT molecular complexity index is 783. The molecule has 0 spiro atoms. The second-order valence-corrected chi connectivity index (χ2v) is 5.45. The van der Waals surface area contributed by atoms with Gasteiger partial charge in [0, 0.05) is 24.5 Å². The van der Waals surface area contributed by atoms with Crippen LogP contribution >= 0.6 is 0 Å². The Morgan fingerprint density at radius 2 is 1.87 bits per heavy atom. The van der Waals surface area contributed by atoms with E-state index in [2.05, 4.69) is 15.5 Å². The predicted molar refractivity (Wildman–Crippen MR) is 89.3 cm³/mol. The minimum atomic E-state index is -0.207. The summed E-state index contributed by atoms with van der Waals surface area (Å²) >= 11 is 0. The van der Waals surface area contributed by atoms with Crippen LogP contribution in [-0.2, 0) is 0 Å². The predicted octanol–water partition coefficient (Wildman–Crippen LogP) is 2.46. The van der Waals surface area contributed by atoms with Gasteiger partial charge in [0.05, 0.1) is 5.52 Å². The number of carbonyl (C=O) groups excluding carboxylic acids is 1. The van der Waals surface area contributed by atoms with Crippen molar-refractivity contribution in [1.82, 2.24) is 15.5 Å². The molecule has 0 bridgehead atoms. The lowest BCUT2D eigenvalue weighted by Gasteiger charge is -2.16. The smallest absolute Gasteiger partial charge is 0.272 e. The summed E-state index contributed by atoms with van der Waals surface area (Å²) in [6, 6.07) is 17.4. The number of H-pyrrole nitrogens is 1.